The van der Waals surface area contributed by atoms with Crippen LogP contribution in [0.5, 0.6) is 0 Å². The third-order valence-electron chi connectivity index (χ3n) is 3.54. The average molecular weight is 405 g/mol. The second-order valence-electron chi connectivity index (χ2n) is 5.21. The van der Waals surface area contributed by atoms with E-state index in [0.717, 1.165) is 10.1 Å². The van der Waals surface area contributed by atoms with Crippen LogP contribution in [0.1, 0.15) is 20.0 Å². The topological polar surface area (TPSA) is 67.4 Å². The van der Waals surface area contributed by atoms with Gasteiger partial charge in [-0.25, -0.2) is 4.79 Å². The van der Waals surface area contributed by atoms with Gasteiger partial charge in [-0.15, -0.1) is 11.3 Å². The SMILES string of the molecule is COC(=O)c1sc2ccccc2c1NC(=S)NC(=O)c1ccc(Cl)cc1. The van der Waals surface area contributed by atoms with Crippen LogP contribution < -0.4 is 10.6 Å². The normalized spacial score (nSPS) is 10.4. The number of benzene rings is 2. The zero-order valence-electron chi connectivity index (χ0n) is 13.5. The third-order valence-corrected chi connectivity index (χ3v) is 5.15. The van der Waals surface area contributed by atoms with Crippen LogP contribution in [0.3, 0.4) is 0 Å². The maximum Gasteiger partial charge on any atom is 0.350 e. The van der Waals surface area contributed by atoms with Crippen LogP contribution in [-0.4, -0.2) is 24.1 Å². The van der Waals surface area contributed by atoms with Crippen molar-refractivity contribution in [2.75, 3.05) is 12.4 Å². The molecule has 132 valence electrons. The number of methoxy groups -OCH3 is 1. The lowest BCUT2D eigenvalue weighted by atomic mass is 10.2. The Morgan fingerprint density at radius 1 is 1.12 bits per heavy atom. The first kappa shape index (κ1) is 18.3. The Bertz CT molecular complexity index is 999. The first-order valence-electron chi connectivity index (χ1n) is 7.47. The molecule has 0 saturated carbocycles. The number of fused-ring (bicyclic) bond motifs is 1. The van der Waals surface area contributed by atoms with E-state index in [-0.39, 0.29) is 11.0 Å². The molecular formula is C18H13ClN2O3S2. The van der Waals surface area contributed by atoms with Crippen molar-refractivity contribution in [3.63, 3.8) is 0 Å². The number of nitrogens with one attached hydrogen (secondary N) is 2. The summed E-state index contributed by atoms with van der Waals surface area (Å²) in [7, 11) is 1.32. The molecule has 0 atom stereocenters. The van der Waals surface area contributed by atoms with Crippen molar-refractivity contribution in [2.24, 2.45) is 0 Å². The standard InChI is InChI=1S/C18H13ClN2O3S2/c1-24-17(23)15-14(12-4-2-3-5-13(12)26-15)20-18(25)21-16(22)10-6-8-11(19)9-7-10/h2-9H,1H3,(H2,20,21,22,25). The lowest BCUT2D eigenvalue weighted by molar-refractivity contribution is 0.0607. The van der Waals surface area contributed by atoms with Gasteiger partial charge in [0.1, 0.15) is 4.88 Å². The zero-order valence-corrected chi connectivity index (χ0v) is 15.9. The van der Waals surface area contributed by atoms with Crippen LogP contribution in [0.25, 0.3) is 10.1 Å². The average Bonchev–Trinajstić information content (AvgIpc) is 3.00. The smallest absolute Gasteiger partial charge is 0.350 e. The van der Waals surface area contributed by atoms with Crippen molar-refractivity contribution in [3.05, 3.63) is 64.0 Å². The summed E-state index contributed by atoms with van der Waals surface area (Å²) in [5.41, 5.74) is 0.931. The van der Waals surface area contributed by atoms with Gasteiger partial charge in [-0.3, -0.25) is 10.1 Å². The van der Waals surface area contributed by atoms with E-state index >= 15 is 0 Å². The van der Waals surface area contributed by atoms with Crippen molar-refractivity contribution in [1.82, 2.24) is 5.32 Å². The Kier molecular flexibility index (Phi) is 5.51. The van der Waals surface area contributed by atoms with Crippen LogP contribution in [0.2, 0.25) is 5.02 Å². The summed E-state index contributed by atoms with van der Waals surface area (Å²) in [4.78, 5) is 24.7. The highest BCUT2D eigenvalue weighted by Crippen LogP contribution is 2.36. The molecule has 1 aromatic heterocycles. The first-order valence-corrected chi connectivity index (χ1v) is 9.07. The predicted octanol–water partition coefficient (Wildman–Crippen LogP) is 4.47. The molecule has 0 aliphatic carbocycles. The minimum absolute atomic E-state index is 0.0821. The molecule has 0 saturated heterocycles. The van der Waals surface area contributed by atoms with Crippen molar-refractivity contribution in [3.8, 4) is 0 Å². The molecular weight excluding hydrogens is 392 g/mol. The highest BCUT2D eigenvalue weighted by Gasteiger charge is 2.20. The molecule has 2 aromatic carbocycles. The predicted molar refractivity (Wildman–Crippen MR) is 108 cm³/mol. The maximum atomic E-state index is 12.3. The van der Waals surface area contributed by atoms with E-state index in [1.807, 2.05) is 24.3 Å². The first-order chi connectivity index (χ1) is 12.5. The van der Waals surface area contributed by atoms with E-state index in [2.05, 4.69) is 10.6 Å². The molecule has 1 amide bonds. The van der Waals surface area contributed by atoms with Crippen LogP contribution in [0, 0.1) is 0 Å². The van der Waals surface area contributed by atoms with Crippen LogP contribution >= 0.6 is 35.2 Å². The fraction of sp³-hybridized carbons (Fsp3) is 0.0556. The number of anilines is 1. The number of hydrogen-bond acceptors (Lipinski definition) is 5. The Balaban J connectivity index is 1.83. The summed E-state index contributed by atoms with van der Waals surface area (Å²) in [6, 6.07) is 13.9. The number of carbonyl (C=O) groups is 2. The highest BCUT2D eigenvalue weighted by molar-refractivity contribution is 7.80. The quantitative estimate of drug-likeness (QED) is 0.498. The summed E-state index contributed by atoms with van der Waals surface area (Å²) in [5.74, 6) is -0.848. The van der Waals surface area contributed by atoms with Gasteiger partial charge in [0.15, 0.2) is 5.11 Å². The van der Waals surface area contributed by atoms with Gasteiger partial charge < -0.3 is 10.1 Å². The van der Waals surface area contributed by atoms with Gasteiger partial charge in [0.25, 0.3) is 5.91 Å². The number of thiocarbonyl (C=S) groups is 1. The van der Waals surface area contributed by atoms with Gasteiger partial charge in [-0.2, -0.15) is 0 Å². The van der Waals surface area contributed by atoms with Crippen LogP contribution in [0.4, 0.5) is 5.69 Å². The second-order valence-corrected chi connectivity index (χ2v) is 7.11. The largest absolute Gasteiger partial charge is 0.465 e. The number of halogens is 1. The second kappa shape index (κ2) is 7.82. The molecule has 8 heteroatoms. The molecule has 2 N–H and O–H groups in total. The molecule has 26 heavy (non-hydrogen) atoms. The summed E-state index contributed by atoms with van der Waals surface area (Å²) in [5, 5.41) is 6.98. The minimum Gasteiger partial charge on any atom is -0.465 e. The molecule has 0 aliphatic rings. The van der Waals surface area contributed by atoms with E-state index in [0.29, 0.717) is 21.2 Å². The van der Waals surface area contributed by atoms with Gasteiger partial charge in [0, 0.05) is 20.7 Å². The number of amides is 1. The minimum atomic E-state index is -0.472. The molecule has 3 rings (SSSR count). The summed E-state index contributed by atoms with van der Waals surface area (Å²) >= 11 is 12.3. The van der Waals surface area contributed by atoms with Crippen molar-refractivity contribution in [1.29, 1.82) is 0 Å². The number of hydrogen-bond donors (Lipinski definition) is 2. The summed E-state index contributed by atoms with van der Waals surface area (Å²) in [6.45, 7) is 0. The molecule has 5 nitrogen and oxygen atoms in total. The molecule has 1 heterocycles. The van der Waals surface area contributed by atoms with Gasteiger partial charge in [0.2, 0.25) is 0 Å². The Hall–Kier alpha value is -2.48. The molecule has 3 aromatic rings. The number of carbonyl (C=O) groups excluding carboxylic acids is 2. The van der Waals surface area contributed by atoms with E-state index < -0.39 is 5.97 Å². The number of ether oxygens (including phenoxy) is 1. The van der Waals surface area contributed by atoms with Gasteiger partial charge >= 0.3 is 5.97 Å². The van der Waals surface area contributed by atoms with E-state index in [1.54, 1.807) is 24.3 Å². The van der Waals surface area contributed by atoms with Gasteiger partial charge in [-0.05, 0) is 42.5 Å². The Morgan fingerprint density at radius 2 is 1.81 bits per heavy atom. The van der Waals surface area contributed by atoms with E-state index in [9.17, 15) is 9.59 Å². The monoisotopic (exact) mass is 404 g/mol. The van der Waals surface area contributed by atoms with Gasteiger partial charge in [0.05, 0.1) is 12.8 Å². The van der Waals surface area contributed by atoms with Crippen molar-refractivity contribution in [2.45, 2.75) is 0 Å². The third kappa shape index (κ3) is 3.85. The fourth-order valence-corrected chi connectivity index (χ4v) is 3.72. The fourth-order valence-electron chi connectivity index (χ4n) is 2.33. The van der Waals surface area contributed by atoms with E-state index in [4.69, 9.17) is 28.6 Å². The Morgan fingerprint density at radius 3 is 2.50 bits per heavy atom. The molecule has 0 fully saturated rings. The highest BCUT2D eigenvalue weighted by atomic mass is 35.5. The van der Waals surface area contributed by atoms with Crippen molar-refractivity contribution >= 4 is 67.9 Å². The summed E-state index contributed by atoms with van der Waals surface area (Å²) in [6.07, 6.45) is 0. The molecule has 0 bridgehead atoms. The van der Waals surface area contributed by atoms with Crippen LogP contribution in [-0.2, 0) is 4.74 Å². The number of thiophene rings is 1. The lowest BCUT2D eigenvalue weighted by Crippen LogP contribution is -2.34. The van der Waals surface area contributed by atoms with Crippen molar-refractivity contribution < 1.29 is 14.3 Å². The Labute approximate surface area is 163 Å². The van der Waals surface area contributed by atoms with Crippen LogP contribution in [0.15, 0.2) is 48.5 Å². The zero-order chi connectivity index (χ0) is 18.7. The number of esters is 1. The lowest BCUT2D eigenvalue weighted by Gasteiger charge is -2.10. The molecule has 0 spiro atoms. The van der Waals surface area contributed by atoms with Gasteiger partial charge in [-0.1, -0.05) is 29.8 Å². The molecule has 0 radical (unpaired) electrons. The molecule has 0 aliphatic heterocycles. The number of rotatable bonds is 3. The maximum absolute atomic E-state index is 12.3. The molecule has 0 unspecified atom stereocenters. The summed E-state index contributed by atoms with van der Waals surface area (Å²) < 4.78 is 5.74. The van der Waals surface area contributed by atoms with E-state index in [1.165, 1.54) is 18.4 Å².